The summed E-state index contributed by atoms with van der Waals surface area (Å²) in [6.45, 7) is 9.92. The molecule has 124 valence electrons. The van der Waals surface area contributed by atoms with Crippen LogP contribution in [-0.4, -0.2) is 43.8 Å². The van der Waals surface area contributed by atoms with Gasteiger partial charge in [0.2, 0.25) is 0 Å². The SMILES string of the molecule is CCn1nccc1-c1cnc(C[C@@H]2CCCN(C(C)C)C2)cn1. The Kier molecular flexibility index (Phi) is 5.06. The van der Waals surface area contributed by atoms with Crippen molar-refractivity contribution in [2.75, 3.05) is 13.1 Å². The zero-order chi connectivity index (χ0) is 16.2. The molecule has 0 radical (unpaired) electrons. The second kappa shape index (κ2) is 7.21. The minimum atomic E-state index is 0.639. The molecule has 1 aliphatic heterocycles. The first-order chi connectivity index (χ1) is 11.2. The average molecular weight is 313 g/mol. The monoisotopic (exact) mass is 313 g/mol. The van der Waals surface area contributed by atoms with Crippen molar-refractivity contribution in [1.82, 2.24) is 24.6 Å². The third kappa shape index (κ3) is 3.78. The molecule has 1 aliphatic rings. The molecule has 0 aromatic carbocycles. The zero-order valence-corrected chi connectivity index (χ0v) is 14.4. The van der Waals surface area contributed by atoms with Gasteiger partial charge in [0.15, 0.2) is 0 Å². The van der Waals surface area contributed by atoms with Gasteiger partial charge in [-0.05, 0) is 58.6 Å². The molecule has 1 saturated heterocycles. The van der Waals surface area contributed by atoms with Crippen LogP contribution >= 0.6 is 0 Å². The van der Waals surface area contributed by atoms with Crippen molar-refractivity contribution in [2.24, 2.45) is 5.92 Å². The van der Waals surface area contributed by atoms with Gasteiger partial charge in [0.25, 0.3) is 0 Å². The third-order valence-corrected chi connectivity index (χ3v) is 4.76. The molecule has 0 amide bonds. The minimum Gasteiger partial charge on any atom is -0.301 e. The van der Waals surface area contributed by atoms with Crippen molar-refractivity contribution in [3.8, 4) is 11.4 Å². The fourth-order valence-electron chi connectivity index (χ4n) is 3.42. The molecule has 23 heavy (non-hydrogen) atoms. The summed E-state index contributed by atoms with van der Waals surface area (Å²) in [6, 6.07) is 2.63. The summed E-state index contributed by atoms with van der Waals surface area (Å²) in [5, 5.41) is 4.30. The summed E-state index contributed by atoms with van der Waals surface area (Å²) in [7, 11) is 0. The fourth-order valence-corrected chi connectivity index (χ4v) is 3.42. The molecule has 0 unspecified atom stereocenters. The third-order valence-electron chi connectivity index (χ3n) is 4.76. The van der Waals surface area contributed by atoms with Gasteiger partial charge in [-0.15, -0.1) is 0 Å². The Hall–Kier alpha value is -1.75. The van der Waals surface area contributed by atoms with E-state index in [0.29, 0.717) is 12.0 Å². The summed E-state index contributed by atoms with van der Waals surface area (Å²) in [5.41, 5.74) is 3.04. The van der Waals surface area contributed by atoms with E-state index in [2.05, 4.69) is 40.7 Å². The minimum absolute atomic E-state index is 0.639. The van der Waals surface area contributed by atoms with Crippen molar-refractivity contribution in [3.63, 3.8) is 0 Å². The lowest BCUT2D eigenvalue weighted by Crippen LogP contribution is -2.40. The highest BCUT2D eigenvalue weighted by Gasteiger charge is 2.22. The maximum Gasteiger partial charge on any atom is 0.107 e. The van der Waals surface area contributed by atoms with Crippen LogP contribution in [0, 0.1) is 5.92 Å². The first-order valence-corrected chi connectivity index (χ1v) is 8.74. The Morgan fingerprint density at radius 1 is 1.26 bits per heavy atom. The maximum atomic E-state index is 4.65. The summed E-state index contributed by atoms with van der Waals surface area (Å²) in [6.07, 6.45) is 9.28. The van der Waals surface area contributed by atoms with E-state index in [0.717, 1.165) is 30.0 Å². The Morgan fingerprint density at radius 3 is 2.83 bits per heavy atom. The summed E-state index contributed by atoms with van der Waals surface area (Å²) < 4.78 is 1.95. The van der Waals surface area contributed by atoms with E-state index in [1.54, 1.807) is 0 Å². The molecule has 5 heteroatoms. The molecule has 0 bridgehead atoms. The van der Waals surface area contributed by atoms with E-state index >= 15 is 0 Å². The zero-order valence-electron chi connectivity index (χ0n) is 14.4. The van der Waals surface area contributed by atoms with E-state index in [9.17, 15) is 0 Å². The predicted octanol–water partition coefficient (Wildman–Crippen LogP) is 3.02. The number of likely N-dealkylation sites (tertiary alicyclic amines) is 1. The van der Waals surface area contributed by atoms with E-state index in [-0.39, 0.29) is 0 Å². The Bertz CT molecular complexity index is 617. The molecule has 3 rings (SSSR count). The number of nitrogens with zero attached hydrogens (tertiary/aromatic N) is 5. The van der Waals surface area contributed by atoms with Crippen LogP contribution in [-0.2, 0) is 13.0 Å². The van der Waals surface area contributed by atoms with Crippen LogP contribution in [0.3, 0.4) is 0 Å². The second-order valence-electron chi connectivity index (χ2n) is 6.73. The van der Waals surface area contributed by atoms with Crippen molar-refractivity contribution < 1.29 is 0 Å². The van der Waals surface area contributed by atoms with Gasteiger partial charge in [-0.3, -0.25) is 14.6 Å². The quantitative estimate of drug-likeness (QED) is 0.851. The highest BCUT2D eigenvalue weighted by Crippen LogP contribution is 2.22. The van der Waals surface area contributed by atoms with Crippen LogP contribution in [0.1, 0.15) is 39.3 Å². The summed E-state index contributed by atoms with van der Waals surface area (Å²) >= 11 is 0. The molecule has 3 heterocycles. The van der Waals surface area contributed by atoms with Crippen LogP contribution in [0.15, 0.2) is 24.7 Å². The number of piperidine rings is 1. The van der Waals surface area contributed by atoms with Crippen molar-refractivity contribution in [2.45, 2.75) is 52.6 Å². The molecule has 1 fully saturated rings. The summed E-state index contributed by atoms with van der Waals surface area (Å²) in [4.78, 5) is 11.8. The van der Waals surface area contributed by atoms with Gasteiger partial charge in [-0.25, -0.2) is 0 Å². The van der Waals surface area contributed by atoms with E-state index in [1.807, 2.05) is 29.3 Å². The normalized spacial score (nSPS) is 19.4. The predicted molar refractivity (Wildman–Crippen MR) is 92.1 cm³/mol. The van der Waals surface area contributed by atoms with Crippen molar-refractivity contribution in [3.05, 3.63) is 30.4 Å². The lowest BCUT2D eigenvalue weighted by molar-refractivity contribution is 0.139. The Balaban J connectivity index is 1.66. The standard InChI is InChI=1S/C18H27N5/c1-4-23-18(7-8-21-23)17-12-19-16(11-20-17)10-15-6-5-9-22(13-15)14(2)3/h7-8,11-12,14-15H,4-6,9-10,13H2,1-3H3/t15-/m0/s1. The highest BCUT2D eigenvalue weighted by molar-refractivity contribution is 5.52. The van der Waals surface area contributed by atoms with Crippen LogP contribution in [0.2, 0.25) is 0 Å². The largest absolute Gasteiger partial charge is 0.301 e. The number of aromatic nitrogens is 4. The molecule has 0 spiro atoms. The first-order valence-electron chi connectivity index (χ1n) is 8.74. The topological polar surface area (TPSA) is 46.8 Å². The molecule has 0 saturated carbocycles. The Labute approximate surface area is 138 Å². The fraction of sp³-hybridized carbons (Fsp3) is 0.611. The van der Waals surface area contributed by atoms with Crippen molar-refractivity contribution in [1.29, 1.82) is 0 Å². The molecule has 1 atom stereocenters. The molecule has 0 N–H and O–H groups in total. The van der Waals surface area contributed by atoms with Gasteiger partial charge >= 0.3 is 0 Å². The maximum absolute atomic E-state index is 4.65. The number of rotatable bonds is 5. The number of hydrogen-bond acceptors (Lipinski definition) is 4. The lowest BCUT2D eigenvalue weighted by Gasteiger charge is -2.35. The molecular weight excluding hydrogens is 286 g/mol. The number of hydrogen-bond donors (Lipinski definition) is 0. The first kappa shape index (κ1) is 16.1. The highest BCUT2D eigenvalue weighted by atomic mass is 15.3. The summed E-state index contributed by atoms with van der Waals surface area (Å²) in [5.74, 6) is 0.701. The van der Waals surface area contributed by atoms with Gasteiger partial charge in [0.1, 0.15) is 5.69 Å². The molecule has 0 aliphatic carbocycles. The van der Waals surface area contributed by atoms with Crippen LogP contribution in [0.25, 0.3) is 11.4 Å². The molecule has 5 nitrogen and oxygen atoms in total. The van der Waals surface area contributed by atoms with E-state index < -0.39 is 0 Å². The van der Waals surface area contributed by atoms with Gasteiger partial charge in [0.05, 0.1) is 17.6 Å². The van der Waals surface area contributed by atoms with E-state index in [4.69, 9.17) is 0 Å². The molecular formula is C18H27N5. The molecule has 2 aromatic heterocycles. The average Bonchev–Trinajstić information content (AvgIpc) is 3.04. The lowest BCUT2D eigenvalue weighted by atomic mass is 9.93. The number of aryl methyl sites for hydroxylation is 1. The Morgan fingerprint density at radius 2 is 2.13 bits per heavy atom. The van der Waals surface area contributed by atoms with Crippen molar-refractivity contribution >= 4 is 0 Å². The van der Waals surface area contributed by atoms with Gasteiger partial charge in [-0.1, -0.05) is 0 Å². The van der Waals surface area contributed by atoms with Gasteiger partial charge in [-0.2, -0.15) is 5.10 Å². The smallest absolute Gasteiger partial charge is 0.107 e. The van der Waals surface area contributed by atoms with Gasteiger partial charge < -0.3 is 4.90 Å². The van der Waals surface area contributed by atoms with Gasteiger partial charge in [0, 0.05) is 31.5 Å². The van der Waals surface area contributed by atoms with Crippen LogP contribution < -0.4 is 0 Å². The van der Waals surface area contributed by atoms with Crippen LogP contribution in [0.5, 0.6) is 0 Å². The van der Waals surface area contributed by atoms with Crippen LogP contribution in [0.4, 0.5) is 0 Å². The molecule has 2 aromatic rings. The second-order valence-corrected chi connectivity index (χ2v) is 6.73. The van der Waals surface area contributed by atoms with E-state index in [1.165, 1.54) is 25.9 Å².